The van der Waals surface area contributed by atoms with E-state index in [9.17, 15) is 4.39 Å². The highest BCUT2D eigenvalue weighted by atomic mass is 35.5. The van der Waals surface area contributed by atoms with Crippen LogP contribution in [-0.4, -0.2) is 17.2 Å². The zero-order valence-corrected chi connectivity index (χ0v) is 11.6. The number of aryl methyl sites for hydroxylation is 1. The van der Waals surface area contributed by atoms with Gasteiger partial charge >= 0.3 is 7.12 Å². The molecule has 0 spiro atoms. The zero-order valence-electron chi connectivity index (χ0n) is 10.8. The van der Waals surface area contributed by atoms with Crippen molar-refractivity contribution in [3.8, 4) is 5.75 Å². The maximum absolute atomic E-state index is 13.4. The standard InChI is InChI=1S/C14H13BClFO3/c1-9-2-3-13(16)14(4-9)20-8-10-5-11(15(18)19)7-12(17)6-10/h2-7,18-19H,8H2,1H3. The Bertz CT molecular complexity index is 619. The van der Waals surface area contributed by atoms with Crippen LogP contribution in [0.1, 0.15) is 11.1 Å². The van der Waals surface area contributed by atoms with Crippen LogP contribution >= 0.6 is 11.6 Å². The summed E-state index contributed by atoms with van der Waals surface area (Å²) in [4.78, 5) is 0. The van der Waals surface area contributed by atoms with Gasteiger partial charge in [0.05, 0.1) is 5.02 Å². The van der Waals surface area contributed by atoms with Crippen molar-refractivity contribution in [3.63, 3.8) is 0 Å². The van der Waals surface area contributed by atoms with Crippen molar-refractivity contribution >= 4 is 24.2 Å². The van der Waals surface area contributed by atoms with E-state index in [-0.39, 0.29) is 12.1 Å². The van der Waals surface area contributed by atoms with Crippen LogP contribution in [0.25, 0.3) is 0 Å². The molecular weight excluding hydrogens is 281 g/mol. The van der Waals surface area contributed by atoms with Gasteiger partial charge in [-0.3, -0.25) is 0 Å². The van der Waals surface area contributed by atoms with E-state index in [0.717, 1.165) is 11.6 Å². The van der Waals surface area contributed by atoms with E-state index in [4.69, 9.17) is 26.4 Å². The second-order valence-electron chi connectivity index (χ2n) is 4.49. The summed E-state index contributed by atoms with van der Waals surface area (Å²) in [5, 5.41) is 18.6. The summed E-state index contributed by atoms with van der Waals surface area (Å²) >= 11 is 6.00. The number of hydrogen-bond acceptors (Lipinski definition) is 3. The molecule has 0 aromatic heterocycles. The maximum atomic E-state index is 13.4. The Kier molecular flexibility index (Phi) is 4.65. The van der Waals surface area contributed by atoms with Gasteiger partial charge in [0.15, 0.2) is 0 Å². The number of ether oxygens (including phenoxy) is 1. The molecule has 2 aromatic rings. The summed E-state index contributed by atoms with van der Waals surface area (Å²) in [6, 6.07) is 9.17. The van der Waals surface area contributed by atoms with Crippen molar-refractivity contribution in [1.82, 2.24) is 0 Å². The van der Waals surface area contributed by atoms with Gasteiger partial charge in [-0.25, -0.2) is 4.39 Å². The Morgan fingerprint density at radius 3 is 2.65 bits per heavy atom. The number of rotatable bonds is 4. The first kappa shape index (κ1) is 14.8. The molecule has 0 aliphatic rings. The summed E-state index contributed by atoms with van der Waals surface area (Å²) in [7, 11) is -1.72. The summed E-state index contributed by atoms with van der Waals surface area (Å²) < 4.78 is 18.9. The number of halogens is 2. The number of hydrogen-bond donors (Lipinski definition) is 2. The fourth-order valence-corrected chi connectivity index (χ4v) is 1.96. The third kappa shape index (κ3) is 3.73. The highest BCUT2D eigenvalue weighted by molar-refractivity contribution is 6.58. The predicted molar refractivity (Wildman–Crippen MR) is 76.7 cm³/mol. The number of benzene rings is 2. The van der Waals surface area contributed by atoms with Gasteiger partial charge < -0.3 is 14.8 Å². The van der Waals surface area contributed by atoms with Gasteiger partial charge in [-0.05, 0) is 47.8 Å². The fourth-order valence-electron chi connectivity index (χ4n) is 1.79. The summed E-state index contributed by atoms with van der Waals surface area (Å²) in [6.45, 7) is 1.99. The fraction of sp³-hybridized carbons (Fsp3) is 0.143. The molecule has 0 atom stereocenters. The van der Waals surface area contributed by atoms with E-state index in [2.05, 4.69) is 0 Å². The molecular formula is C14H13BClFO3. The molecule has 104 valence electrons. The maximum Gasteiger partial charge on any atom is 0.488 e. The van der Waals surface area contributed by atoms with Crippen LogP contribution in [0.4, 0.5) is 4.39 Å². The van der Waals surface area contributed by atoms with Gasteiger partial charge in [0.1, 0.15) is 18.2 Å². The quantitative estimate of drug-likeness (QED) is 0.849. The van der Waals surface area contributed by atoms with Crippen LogP contribution in [0, 0.1) is 12.7 Å². The SMILES string of the molecule is Cc1ccc(Cl)c(OCc2cc(F)cc(B(O)O)c2)c1. The van der Waals surface area contributed by atoms with Crippen molar-refractivity contribution in [2.45, 2.75) is 13.5 Å². The van der Waals surface area contributed by atoms with Crippen LogP contribution in [0.3, 0.4) is 0 Å². The van der Waals surface area contributed by atoms with E-state index in [1.165, 1.54) is 12.1 Å². The van der Waals surface area contributed by atoms with Crippen LogP contribution in [-0.2, 0) is 6.61 Å². The zero-order chi connectivity index (χ0) is 14.7. The minimum Gasteiger partial charge on any atom is -0.487 e. The molecule has 6 heteroatoms. The molecule has 2 rings (SSSR count). The second kappa shape index (κ2) is 6.26. The minimum atomic E-state index is -1.72. The molecule has 2 N–H and O–H groups in total. The molecule has 0 fully saturated rings. The molecule has 0 heterocycles. The van der Waals surface area contributed by atoms with Crippen LogP contribution in [0.15, 0.2) is 36.4 Å². The van der Waals surface area contributed by atoms with Crippen molar-refractivity contribution in [3.05, 3.63) is 58.4 Å². The first-order chi connectivity index (χ1) is 9.45. The largest absolute Gasteiger partial charge is 0.488 e. The average molecular weight is 295 g/mol. The van der Waals surface area contributed by atoms with Gasteiger partial charge in [-0.2, -0.15) is 0 Å². The molecule has 20 heavy (non-hydrogen) atoms. The van der Waals surface area contributed by atoms with Gasteiger partial charge in [0.25, 0.3) is 0 Å². The third-order valence-corrected chi connectivity index (χ3v) is 3.07. The van der Waals surface area contributed by atoms with Crippen LogP contribution in [0.2, 0.25) is 5.02 Å². The van der Waals surface area contributed by atoms with Gasteiger partial charge in [-0.1, -0.05) is 23.7 Å². The predicted octanol–water partition coefficient (Wildman–Crippen LogP) is 2.05. The summed E-state index contributed by atoms with van der Waals surface area (Å²) in [5.74, 6) is -0.0495. The monoisotopic (exact) mass is 294 g/mol. The molecule has 2 aromatic carbocycles. The normalized spacial score (nSPS) is 10.4. The third-order valence-electron chi connectivity index (χ3n) is 2.76. The first-order valence-corrected chi connectivity index (χ1v) is 6.38. The Morgan fingerprint density at radius 1 is 1.20 bits per heavy atom. The Morgan fingerprint density at radius 2 is 1.95 bits per heavy atom. The van der Waals surface area contributed by atoms with E-state index in [0.29, 0.717) is 16.3 Å². The van der Waals surface area contributed by atoms with Gasteiger partial charge in [-0.15, -0.1) is 0 Å². The average Bonchev–Trinajstić information content (AvgIpc) is 2.39. The van der Waals surface area contributed by atoms with Crippen molar-refractivity contribution in [2.24, 2.45) is 0 Å². The van der Waals surface area contributed by atoms with Crippen molar-refractivity contribution < 1.29 is 19.2 Å². The topological polar surface area (TPSA) is 49.7 Å². The Balaban J connectivity index is 2.16. The van der Waals surface area contributed by atoms with Crippen LogP contribution in [0.5, 0.6) is 5.75 Å². The summed E-state index contributed by atoms with van der Waals surface area (Å²) in [5.41, 5.74) is 1.57. The minimum absolute atomic E-state index is 0.0824. The van der Waals surface area contributed by atoms with E-state index in [1.807, 2.05) is 13.0 Å². The molecule has 0 saturated carbocycles. The summed E-state index contributed by atoms with van der Waals surface area (Å²) in [6.07, 6.45) is 0. The lowest BCUT2D eigenvalue weighted by molar-refractivity contribution is 0.305. The molecule has 0 radical (unpaired) electrons. The second-order valence-corrected chi connectivity index (χ2v) is 4.90. The molecule has 0 amide bonds. The van der Waals surface area contributed by atoms with Crippen molar-refractivity contribution in [1.29, 1.82) is 0 Å². The van der Waals surface area contributed by atoms with E-state index >= 15 is 0 Å². The first-order valence-electron chi connectivity index (χ1n) is 6.00. The van der Waals surface area contributed by atoms with Crippen LogP contribution < -0.4 is 10.2 Å². The lowest BCUT2D eigenvalue weighted by atomic mass is 9.79. The molecule has 0 saturated heterocycles. The Labute approximate surface area is 121 Å². The highest BCUT2D eigenvalue weighted by Crippen LogP contribution is 2.26. The highest BCUT2D eigenvalue weighted by Gasteiger charge is 2.13. The van der Waals surface area contributed by atoms with E-state index < -0.39 is 12.9 Å². The molecule has 0 aliphatic heterocycles. The molecule has 3 nitrogen and oxygen atoms in total. The van der Waals surface area contributed by atoms with Gasteiger partial charge in [0.2, 0.25) is 0 Å². The lowest BCUT2D eigenvalue weighted by Crippen LogP contribution is -2.30. The molecule has 0 unspecified atom stereocenters. The van der Waals surface area contributed by atoms with Gasteiger partial charge in [0, 0.05) is 0 Å². The lowest BCUT2D eigenvalue weighted by Gasteiger charge is -2.10. The molecule has 0 aliphatic carbocycles. The molecule has 0 bridgehead atoms. The Hall–Kier alpha value is -1.56. The van der Waals surface area contributed by atoms with E-state index in [1.54, 1.807) is 12.1 Å². The smallest absolute Gasteiger partial charge is 0.487 e. The van der Waals surface area contributed by atoms with Crippen molar-refractivity contribution in [2.75, 3.05) is 0 Å².